The molecule has 0 N–H and O–H groups in total. The van der Waals surface area contributed by atoms with Crippen LogP contribution in [0.15, 0.2) is 12.1 Å². The molecule has 0 unspecified atom stereocenters. The van der Waals surface area contributed by atoms with E-state index in [9.17, 15) is 0 Å². The lowest BCUT2D eigenvalue weighted by atomic mass is 10.3. The molecule has 0 aliphatic heterocycles. The van der Waals surface area contributed by atoms with Gasteiger partial charge in [-0.2, -0.15) is 0 Å². The molecule has 0 bridgehead atoms. The molecule has 0 atom stereocenters. The van der Waals surface area contributed by atoms with E-state index in [1.165, 1.54) is 12.8 Å². The van der Waals surface area contributed by atoms with Crippen LogP contribution in [0.1, 0.15) is 18.5 Å². The van der Waals surface area contributed by atoms with E-state index in [0.29, 0.717) is 6.10 Å². The van der Waals surface area contributed by atoms with E-state index in [-0.39, 0.29) is 0 Å². The normalized spacial score (nSPS) is 15.4. The summed E-state index contributed by atoms with van der Waals surface area (Å²) in [6.07, 6.45) is 2.84. The van der Waals surface area contributed by atoms with E-state index >= 15 is 0 Å². The number of aryl methyl sites for hydroxylation is 1. The van der Waals surface area contributed by atoms with E-state index in [4.69, 9.17) is 4.74 Å². The van der Waals surface area contributed by atoms with Crippen molar-refractivity contribution in [2.75, 3.05) is 19.0 Å². The highest BCUT2D eigenvalue weighted by molar-refractivity contribution is 5.44. The Bertz CT molecular complexity index is 332. The van der Waals surface area contributed by atoms with E-state index in [1.54, 1.807) is 0 Å². The van der Waals surface area contributed by atoms with Gasteiger partial charge in [0.15, 0.2) is 0 Å². The van der Waals surface area contributed by atoms with Gasteiger partial charge in [0, 0.05) is 31.9 Å². The third-order valence-corrected chi connectivity index (χ3v) is 2.20. The number of hydrogen-bond acceptors (Lipinski definition) is 3. The first kappa shape index (κ1) is 9.31. The number of nitrogens with zero attached hydrogens (tertiary/aromatic N) is 2. The second kappa shape index (κ2) is 3.48. The first-order valence-electron chi connectivity index (χ1n) is 4.98. The number of anilines is 1. The maximum atomic E-state index is 5.73. The standard InChI is InChI=1S/C11H16N2O/c1-8-6-10(14-9-4-5-9)7-11(12-8)13(2)3/h6-7,9H,4-5H2,1-3H3. The summed E-state index contributed by atoms with van der Waals surface area (Å²) in [5, 5.41) is 0. The van der Waals surface area contributed by atoms with Gasteiger partial charge in [0.05, 0.1) is 6.10 Å². The fourth-order valence-electron chi connectivity index (χ4n) is 1.30. The van der Waals surface area contributed by atoms with Crippen LogP contribution < -0.4 is 9.64 Å². The van der Waals surface area contributed by atoms with Crippen molar-refractivity contribution in [1.82, 2.24) is 4.98 Å². The highest BCUT2D eigenvalue weighted by atomic mass is 16.5. The monoisotopic (exact) mass is 192 g/mol. The molecule has 1 fully saturated rings. The van der Waals surface area contributed by atoms with Gasteiger partial charge in [-0.25, -0.2) is 4.98 Å². The molecule has 0 amide bonds. The highest BCUT2D eigenvalue weighted by Gasteiger charge is 2.23. The van der Waals surface area contributed by atoms with Crippen molar-refractivity contribution in [2.24, 2.45) is 0 Å². The van der Waals surface area contributed by atoms with Crippen molar-refractivity contribution in [2.45, 2.75) is 25.9 Å². The lowest BCUT2D eigenvalue weighted by molar-refractivity contribution is 0.303. The minimum atomic E-state index is 0.451. The number of ether oxygens (including phenoxy) is 1. The summed E-state index contributed by atoms with van der Waals surface area (Å²) in [6.45, 7) is 1.99. The van der Waals surface area contributed by atoms with Crippen molar-refractivity contribution in [1.29, 1.82) is 0 Å². The molecule has 0 saturated heterocycles. The summed E-state index contributed by atoms with van der Waals surface area (Å²) in [5.74, 6) is 1.91. The number of aromatic nitrogens is 1. The Morgan fingerprint density at radius 3 is 2.64 bits per heavy atom. The molecular formula is C11H16N2O. The first-order valence-corrected chi connectivity index (χ1v) is 4.98. The van der Waals surface area contributed by atoms with Crippen molar-refractivity contribution in [3.05, 3.63) is 17.8 Å². The van der Waals surface area contributed by atoms with E-state index in [1.807, 2.05) is 38.1 Å². The van der Waals surface area contributed by atoms with Crippen LogP contribution in [-0.4, -0.2) is 25.2 Å². The van der Waals surface area contributed by atoms with Crippen LogP contribution in [0.5, 0.6) is 5.75 Å². The molecular weight excluding hydrogens is 176 g/mol. The number of rotatable bonds is 3. The van der Waals surface area contributed by atoms with E-state index in [2.05, 4.69) is 4.98 Å². The van der Waals surface area contributed by atoms with Crippen LogP contribution in [-0.2, 0) is 0 Å². The Morgan fingerprint density at radius 2 is 2.07 bits per heavy atom. The predicted octanol–water partition coefficient (Wildman–Crippen LogP) is 2.00. The lowest BCUT2D eigenvalue weighted by Gasteiger charge is -2.14. The van der Waals surface area contributed by atoms with E-state index < -0.39 is 0 Å². The predicted molar refractivity (Wildman–Crippen MR) is 57.0 cm³/mol. The molecule has 0 aromatic carbocycles. The molecule has 3 heteroatoms. The van der Waals surface area contributed by atoms with Crippen LogP contribution in [0.4, 0.5) is 5.82 Å². The average Bonchev–Trinajstić information content (AvgIpc) is 2.87. The minimum Gasteiger partial charge on any atom is -0.490 e. The Balaban J connectivity index is 2.21. The molecule has 1 saturated carbocycles. The molecule has 0 spiro atoms. The van der Waals surface area contributed by atoms with Crippen molar-refractivity contribution < 1.29 is 4.74 Å². The van der Waals surface area contributed by atoms with E-state index in [0.717, 1.165) is 17.3 Å². The SMILES string of the molecule is Cc1cc(OC2CC2)cc(N(C)C)n1. The smallest absolute Gasteiger partial charge is 0.131 e. The van der Waals surface area contributed by atoms with Crippen molar-refractivity contribution in [3.8, 4) is 5.75 Å². The van der Waals surface area contributed by atoms with Crippen LogP contribution >= 0.6 is 0 Å². The van der Waals surface area contributed by atoms with Gasteiger partial charge in [0.2, 0.25) is 0 Å². The van der Waals surface area contributed by atoms with Gasteiger partial charge in [-0.05, 0) is 19.8 Å². The van der Waals surface area contributed by atoms with Crippen LogP contribution in [0, 0.1) is 6.92 Å². The van der Waals surface area contributed by atoms with Gasteiger partial charge in [-0.3, -0.25) is 0 Å². The first-order chi connectivity index (χ1) is 6.65. The molecule has 0 radical (unpaired) electrons. The maximum Gasteiger partial charge on any atom is 0.131 e. The minimum absolute atomic E-state index is 0.451. The lowest BCUT2D eigenvalue weighted by Crippen LogP contribution is -2.11. The number of hydrogen-bond donors (Lipinski definition) is 0. The second-order valence-electron chi connectivity index (χ2n) is 4.01. The molecule has 1 aliphatic carbocycles. The Kier molecular flexibility index (Phi) is 2.32. The molecule has 1 aliphatic rings. The van der Waals surface area contributed by atoms with Crippen LogP contribution in [0.25, 0.3) is 0 Å². The fourth-order valence-corrected chi connectivity index (χ4v) is 1.30. The quantitative estimate of drug-likeness (QED) is 0.732. The molecule has 1 aromatic rings. The Hall–Kier alpha value is -1.25. The molecule has 14 heavy (non-hydrogen) atoms. The topological polar surface area (TPSA) is 25.4 Å². The van der Waals surface area contributed by atoms with Gasteiger partial charge in [-0.1, -0.05) is 0 Å². The Labute approximate surface area is 84.7 Å². The number of pyridine rings is 1. The van der Waals surface area contributed by atoms with Crippen LogP contribution in [0.3, 0.4) is 0 Å². The largest absolute Gasteiger partial charge is 0.490 e. The molecule has 76 valence electrons. The summed E-state index contributed by atoms with van der Waals surface area (Å²) in [4.78, 5) is 6.40. The van der Waals surface area contributed by atoms with Crippen molar-refractivity contribution >= 4 is 5.82 Å². The van der Waals surface area contributed by atoms with Gasteiger partial charge < -0.3 is 9.64 Å². The van der Waals surface area contributed by atoms with Gasteiger partial charge in [0.1, 0.15) is 11.6 Å². The van der Waals surface area contributed by atoms with Gasteiger partial charge >= 0.3 is 0 Å². The van der Waals surface area contributed by atoms with Crippen LogP contribution in [0.2, 0.25) is 0 Å². The third kappa shape index (κ3) is 2.16. The molecule has 1 heterocycles. The van der Waals surface area contributed by atoms with Gasteiger partial charge in [-0.15, -0.1) is 0 Å². The maximum absolute atomic E-state index is 5.73. The highest BCUT2D eigenvalue weighted by Crippen LogP contribution is 2.28. The summed E-state index contributed by atoms with van der Waals surface area (Å²) < 4.78 is 5.73. The third-order valence-electron chi connectivity index (χ3n) is 2.20. The summed E-state index contributed by atoms with van der Waals surface area (Å²) in [7, 11) is 3.98. The zero-order chi connectivity index (χ0) is 10.1. The summed E-state index contributed by atoms with van der Waals surface area (Å²) in [5.41, 5.74) is 1.01. The Morgan fingerprint density at radius 1 is 1.36 bits per heavy atom. The fraction of sp³-hybridized carbons (Fsp3) is 0.545. The summed E-state index contributed by atoms with van der Waals surface area (Å²) >= 11 is 0. The van der Waals surface area contributed by atoms with Crippen molar-refractivity contribution in [3.63, 3.8) is 0 Å². The summed E-state index contributed by atoms with van der Waals surface area (Å²) in [6, 6.07) is 3.98. The zero-order valence-electron chi connectivity index (χ0n) is 8.95. The molecule has 2 rings (SSSR count). The average molecular weight is 192 g/mol. The molecule has 1 aromatic heterocycles. The second-order valence-corrected chi connectivity index (χ2v) is 4.01. The zero-order valence-corrected chi connectivity index (χ0v) is 8.95. The van der Waals surface area contributed by atoms with Gasteiger partial charge in [0.25, 0.3) is 0 Å². The molecule has 3 nitrogen and oxygen atoms in total.